The predicted molar refractivity (Wildman–Crippen MR) is 127 cm³/mol. The maximum absolute atomic E-state index is 14.6. The van der Waals surface area contributed by atoms with Crippen molar-refractivity contribution in [2.75, 3.05) is 0 Å². The number of hydrogen-bond donors (Lipinski definition) is 0. The van der Waals surface area contributed by atoms with Gasteiger partial charge in [-0.05, 0) is 73.0 Å². The maximum atomic E-state index is 14.6. The van der Waals surface area contributed by atoms with Crippen molar-refractivity contribution < 1.29 is 18.3 Å². The second-order valence-corrected chi connectivity index (χ2v) is 8.05. The van der Waals surface area contributed by atoms with Gasteiger partial charge >= 0.3 is 0 Å². The Labute approximate surface area is 197 Å². The Kier molecular flexibility index (Phi) is 7.19. The van der Waals surface area contributed by atoms with Crippen LogP contribution in [-0.2, 0) is 19.6 Å². The zero-order chi connectivity index (χ0) is 23.9. The molecule has 0 amide bonds. The van der Waals surface area contributed by atoms with Crippen LogP contribution in [0.5, 0.6) is 11.5 Å². The van der Waals surface area contributed by atoms with E-state index in [0.29, 0.717) is 34.6 Å². The highest BCUT2D eigenvalue weighted by Gasteiger charge is 2.09. The molecule has 0 saturated carbocycles. The normalized spacial score (nSPS) is 10.5. The fourth-order valence-corrected chi connectivity index (χ4v) is 3.45. The lowest BCUT2D eigenvalue weighted by Crippen LogP contribution is -2.01. The van der Waals surface area contributed by atoms with Gasteiger partial charge in [-0.3, -0.25) is 0 Å². The first-order chi connectivity index (χ1) is 16.5. The van der Waals surface area contributed by atoms with Crippen LogP contribution in [0.15, 0.2) is 84.9 Å². The standard InChI is InChI=1S/C29H23F2NO2/c1-20-2-10-26(11-3-20)33-18-24-8-4-22(15-28(24)30)14-23-5-9-25(29(31)16-23)19-34-27-12-6-21(17-32)7-13-27/h2-13,15-16H,14,18-19H2,1H3. The lowest BCUT2D eigenvalue weighted by atomic mass is 10.0. The van der Waals surface area contributed by atoms with Gasteiger partial charge in [-0.25, -0.2) is 8.78 Å². The SMILES string of the molecule is Cc1ccc(OCc2ccc(Cc3ccc(COc4ccc(C#N)cc4)c(F)c3)cc2F)cc1. The van der Waals surface area contributed by atoms with Crippen molar-refractivity contribution >= 4 is 0 Å². The summed E-state index contributed by atoms with van der Waals surface area (Å²) in [6.07, 6.45) is 0.406. The molecule has 170 valence electrons. The summed E-state index contributed by atoms with van der Waals surface area (Å²) in [7, 11) is 0. The van der Waals surface area contributed by atoms with Crippen molar-refractivity contribution in [2.45, 2.75) is 26.6 Å². The molecule has 0 spiro atoms. The number of ether oxygens (including phenoxy) is 2. The first-order valence-electron chi connectivity index (χ1n) is 10.9. The van der Waals surface area contributed by atoms with Crippen LogP contribution in [-0.4, -0.2) is 0 Å². The molecule has 0 aromatic heterocycles. The topological polar surface area (TPSA) is 42.2 Å². The van der Waals surface area contributed by atoms with Crippen molar-refractivity contribution in [3.05, 3.63) is 130 Å². The number of rotatable bonds is 8. The fourth-order valence-electron chi connectivity index (χ4n) is 3.45. The summed E-state index contributed by atoms with van der Waals surface area (Å²) in [5.41, 5.74) is 4.03. The molecule has 0 bridgehead atoms. The Hall–Kier alpha value is -4.17. The minimum Gasteiger partial charge on any atom is -0.489 e. The lowest BCUT2D eigenvalue weighted by Gasteiger charge is -2.10. The zero-order valence-corrected chi connectivity index (χ0v) is 18.7. The molecule has 4 aromatic rings. The molecular formula is C29H23F2NO2. The molecule has 0 radical (unpaired) electrons. The van der Waals surface area contributed by atoms with E-state index in [1.165, 1.54) is 12.1 Å². The van der Waals surface area contributed by atoms with E-state index < -0.39 is 0 Å². The number of nitrogens with zero attached hydrogens (tertiary/aromatic N) is 1. The van der Waals surface area contributed by atoms with Crippen LogP contribution in [0.4, 0.5) is 8.78 Å². The van der Waals surface area contributed by atoms with Crippen LogP contribution in [0.3, 0.4) is 0 Å². The van der Waals surface area contributed by atoms with Crippen LogP contribution in [0.2, 0.25) is 0 Å². The molecule has 5 heteroatoms. The van der Waals surface area contributed by atoms with Gasteiger partial charge in [0.2, 0.25) is 0 Å². The second kappa shape index (κ2) is 10.6. The van der Waals surface area contributed by atoms with Gasteiger partial charge in [-0.2, -0.15) is 5.26 Å². The molecule has 0 aliphatic rings. The third kappa shape index (κ3) is 5.99. The van der Waals surface area contributed by atoms with E-state index in [4.69, 9.17) is 14.7 Å². The van der Waals surface area contributed by atoms with Crippen molar-refractivity contribution in [3.8, 4) is 17.6 Å². The molecule has 0 aliphatic heterocycles. The predicted octanol–water partition coefficient (Wildman–Crippen LogP) is 6.89. The molecule has 4 aromatic carbocycles. The summed E-state index contributed by atoms with van der Waals surface area (Å²) in [5.74, 6) is 0.518. The molecular weight excluding hydrogens is 432 g/mol. The van der Waals surface area contributed by atoms with Gasteiger partial charge in [0.05, 0.1) is 11.6 Å². The minimum atomic E-state index is -0.380. The number of aryl methyl sites for hydroxylation is 1. The summed E-state index contributed by atoms with van der Waals surface area (Å²) < 4.78 is 40.4. The summed E-state index contributed by atoms with van der Waals surface area (Å²) in [4.78, 5) is 0. The highest BCUT2D eigenvalue weighted by molar-refractivity contribution is 5.35. The molecule has 0 saturated heterocycles. The monoisotopic (exact) mass is 455 g/mol. The third-order valence-electron chi connectivity index (χ3n) is 5.44. The summed E-state index contributed by atoms with van der Waals surface area (Å²) >= 11 is 0. The highest BCUT2D eigenvalue weighted by Crippen LogP contribution is 2.20. The first-order valence-corrected chi connectivity index (χ1v) is 10.9. The molecule has 34 heavy (non-hydrogen) atoms. The van der Waals surface area contributed by atoms with Gasteiger partial charge in [-0.1, -0.05) is 42.0 Å². The second-order valence-electron chi connectivity index (χ2n) is 8.05. The van der Waals surface area contributed by atoms with Crippen molar-refractivity contribution in [1.29, 1.82) is 5.26 Å². The minimum absolute atomic E-state index is 0.0717. The average molecular weight is 456 g/mol. The molecule has 3 nitrogen and oxygen atoms in total. The molecule has 4 rings (SSSR count). The smallest absolute Gasteiger partial charge is 0.130 e. The molecule has 0 N–H and O–H groups in total. The number of hydrogen-bond acceptors (Lipinski definition) is 3. The van der Waals surface area contributed by atoms with E-state index in [-0.39, 0.29) is 24.8 Å². The first kappa shape index (κ1) is 23.0. The van der Waals surface area contributed by atoms with E-state index in [1.807, 2.05) is 49.4 Å². The quantitative estimate of drug-likeness (QED) is 0.290. The Morgan fingerprint density at radius 1 is 0.676 bits per heavy atom. The van der Waals surface area contributed by atoms with Crippen molar-refractivity contribution in [1.82, 2.24) is 0 Å². The van der Waals surface area contributed by atoms with Crippen LogP contribution in [0.1, 0.15) is 33.4 Å². The van der Waals surface area contributed by atoms with E-state index in [0.717, 1.165) is 16.7 Å². The Balaban J connectivity index is 1.35. The van der Waals surface area contributed by atoms with Crippen molar-refractivity contribution in [2.24, 2.45) is 0 Å². The van der Waals surface area contributed by atoms with Gasteiger partial charge in [0, 0.05) is 11.1 Å². The Bertz CT molecular complexity index is 1310. The van der Waals surface area contributed by atoms with Gasteiger partial charge in [0.15, 0.2) is 0 Å². The summed E-state index contributed by atoms with van der Waals surface area (Å²) in [6, 6.07) is 26.2. The third-order valence-corrected chi connectivity index (χ3v) is 5.44. The number of halogens is 2. The number of benzene rings is 4. The van der Waals surface area contributed by atoms with Gasteiger partial charge in [0.1, 0.15) is 36.3 Å². The van der Waals surface area contributed by atoms with E-state index in [1.54, 1.807) is 36.4 Å². The fraction of sp³-hybridized carbons (Fsp3) is 0.138. The zero-order valence-electron chi connectivity index (χ0n) is 18.7. The molecule has 0 unspecified atom stereocenters. The van der Waals surface area contributed by atoms with Crippen LogP contribution < -0.4 is 9.47 Å². The maximum Gasteiger partial charge on any atom is 0.130 e. The van der Waals surface area contributed by atoms with Gasteiger partial charge < -0.3 is 9.47 Å². The van der Waals surface area contributed by atoms with Crippen LogP contribution in [0.25, 0.3) is 0 Å². The number of nitriles is 1. The van der Waals surface area contributed by atoms with E-state index in [9.17, 15) is 8.78 Å². The molecule has 0 atom stereocenters. The molecule has 0 aliphatic carbocycles. The average Bonchev–Trinajstić information content (AvgIpc) is 2.84. The Morgan fingerprint density at radius 2 is 1.15 bits per heavy atom. The van der Waals surface area contributed by atoms with E-state index in [2.05, 4.69) is 0 Å². The van der Waals surface area contributed by atoms with E-state index >= 15 is 0 Å². The van der Waals surface area contributed by atoms with Crippen LogP contribution in [0, 0.1) is 29.9 Å². The largest absolute Gasteiger partial charge is 0.489 e. The summed E-state index contributed by atoms with van der Waals surface area (Å²) in [5, 5.41) is 8.84. The molecule has 0 fully saturated rings. The highest BCUT2D eigenvalue weighted by atomic mass is 19.1. The van der Waals surface area contributed by atoms with Gasteiger partial charge in [0.25, 0.3) is 0 Å². The van der Waals surface area contributed by atoms with Crippen LogP contribution >= 0.6 is 0 Å². The lowest BCUT2D eigenvalue weighted by molar-refractivity contribution is 0.299. The van der Waals surface area contributed by atoms with Crippen molar-refractivity contribution in [3.63, 3.8) is 0 Å². The summed E-state index contributed by atoms with van der Waals surface area (Å²) in [6.45, 7) is 2.20. The Morgan fingerprint density at radius 3 is 1.59 bits per heavy atom. The molecule has 0 heterocycles. The van der Waals surface area contributed by atoms with Gasteiger partial charge in [-0.15, -0.1) is 0 Å².